The van der Waals surface area contributed by atoms with E-state index < -0.39 is 0 Å². The van der Waals surface area contributed by atoms with E-state index in [9.17, 15) is 0 Å². The largest absolute Gasteiger partial charge is 0.380 e. The molecule has 0 bridgehead atoms. The Morgan fingerprint density at radius 2 is 2.08 bits per heavy atom. The number of piperidine rings is 1. The molecular weight excluding hydrogens is 150 g/mol. The SMILES string of the molecule is CC(C)N1CCCC2(COC2)C1. The summed E-state index contributed by atoms with van der Waals surface area (Å²) in [5, 5.41) is 0. The van der Waals surface area contributed by atoms with Gasteiger partial charge in [-0.2, -0.15) is 0 Å². The third kappa shape index (κ3) is 1.38. The summed E-state index contributed by atoms with van der Waals surface area (Å²) in [5.74, 6) is 0. The van der Waals surface area contributed by atoms with Gasteiger partial charge in [-0.15, -0.1) is 0 Å². The molecule has 0 aromatic rings. The van der Waals surface area contributed by atoms with E-state index in [-0.39, 0.29) is 0 Å². The van der Waals surface area contributed by atoms with Gasteiger partial charge in [-0.25, -0.2) is 0 Å². The molecule has 2 nitrogen and oxygen atoms in total. The highest BCUT2D eigenvalue weighted by atomic mass is 16.5. The average molecular weight is 169 g/mol. The van der Waals surface area contributed by atoms with Crippen molar-refractivity contribution in [3.05, 3.63) is 0 Å². The number of ether oxygens (including phenoxy) is 1. The summed E-state index contributed by atoms with van der Waals surface area (Å²) in [6.45, 7) is 9.16. The van der Waals surface area contributed by atoms with Crippen molar-refractivity contribution in [2.45, 2.75) is 32.7 Å². The maximum absolute atomic E-state index is 5.32. The molecule has 2 saturated heterocycles. The summed E-state index contributed by atoms with van der Waals surface area (Å²) in [6, 6.07) is 0.711. The number of hydrogen-bond acceptors (Lipinski definition) is 2. The van der Waals surface area contributed by atoms with Gasteiger partial charge in [0.25, 0.3) is 0 Å². The molecule has 0 aromatic carbocycles. The van der Waals surface area contributed by atoms with Gasteiger partial charge in [0.05, 0.1) is 13.2 Å². The minimum Gasteiger partial charge on any atom is -0.380 e. The molecule has 2 heteroatoms. The quantitative estimate of drug-likeness (QED) is 0.590. The highest BCUT2D eigenvalue weighted by molar-refractivity contribution is 4.92. The van der Waals surface area contributed by atoms with Gasteiger partial charge in [0.1, 0.15) is 0 Å². The van der Waals surface area contributed by atoms with Crippen LogP contribution in [0.3, 0.4) is 0 Å². The fraction of sp³-hybridized carbons (Fsp3) is 1.00. The number of likely N-dealkylation sites (tertiary alicyclic amines) is 1. The fourth-order valence-electron chi connectivity index (χ4n) is 2.31. The molecule has 0 radical (unpaired) electrons. The van der Waals surface area contributed by atoms with Crippen LogP contribution in [0, 0.1) is 5.41 Å². The molecule has 1 spiro atoms. The van der Waals surface area contributed by atoms with Gasteiger partial charge in [-0.1, -0.05) is 0 Å². The summed E-state index contributed by atoms with van der Waals surface area (Å²) >= 11 is 0. The lowest BCUT2D eigenvalue weighted by Crippen LogP contribution is -2.55. The molecule has 2 fully saturated rings. The van der Waals surface area contributed by atoms with E-state index in [1.807, 2.05) is 0 Å². The van der Waals surface area contributed by atoms with Crippen LogP contribution >= 0.6 is 0 Å². The van der Waals surface area contributed by atoms with Crippen molar-refractivity contribution < 1.29 is 4.74 Å². The van der Waals surface area contributed by atoms with Gasteiger partial charge in [0.2, 0.25) is 0 Å². The Kier molecular flexibility index (Phi) is 2.13. The molecular formula is C10H19NO. The van der Waals surface area contributed by atoms with Gasteiger partial charge in [0.15, 0.2) is 0 Å². The smallest absolute Gasteiger partial charge is 0.0557 e. The fourth-order valence-corrected chi connectivity index (χ4v) is 2.31. The summed E-state index contributed by atoms with van der Waals surface area (Å²) in [6.07, 6.45) is 2.75. The van der Waals surface area contributed by atoms with Gasteiger partial charge >= 0.3 is 0 Å². The number of rotatable bonds is 1. The van der Waals surface area contributed by atoms with Crippen molar-refractivity contribution in [2.24, 2.45) is 5.41 Å². The molecule has 0 atom stereocenters. The van der Waals surface area contributed by atoms with Crippen molar-refractivity contribution in [3.8, 4) is 0 Å². The molecule has 2 rings (SSSR count). The van der Waals surface area contributed by atoms with Crippen LogP contribution in [0.15, 0.2) is 0 Å². The van der Waals surface area contributed by atoms with Crippen LogP contribution in [0.4, 0.5) is 0 Å². The zero-order valence-electron chi connectivity index (χ0n) is 8.18. The minimum absolute atomic E-state index is 0.558. The van der Waals surface area contributed by atoms with Crippen LogP contribution in [0.2, 0.25) is 0 Å². The van der Waals surface area contributed by atoms with Gasteiger partial charge in [-0.05, 0) is 33.2 Å². The minimum atomic E-state index is 0.558. The first-order valence-corrected chi connectivity index (χ1v) is 5.04. The number of hydrogen-bond donors (Lipinski definition) is 0. The molecule has 0 N–H and O–H groups in total. The molecule has 2 heterocycles. The van der Waals surface area contributed by atoms with E-state index in [1.54, 1.807) is 0 Å². The van der Waals surface area contributed by atoms with E-state index in [0.717, 1.165) is 13.2 Å². The highest BCUT2D eigenvalue weighted by Gasteiger charge is 2.42. The molecule has 2 aliphatic rings. The van der Waals surface area contributed by atoms with Gasteiger partial charge in [0, 0.05) is 18.0 Å². The Bertz CT molecular complexity index is 163. The second-order valence-corrected chi connectivity index (χ2v) is 4.66. The van der Waals surface area contributed by atoms with Crippen molar-refractivity contribution >= 4 is 0 Å². The lowest BCUT2D eigenvalue weighted by Gasteiger charge is -2.49. The summed E-state index contributed by atoms with van der Waals surface area (Å²) in [5.41, 5.74) is 0.558. The summed E-state index contributed by atoms with van der Waals surface area (Å²) in [4.78, 5) is 2.59. The molecule has 12 heavy (non-hydrogen) atoms. The molecule has 0 aromatic heterocycles. The average Bonchev–Trinajstić information content (AvgIpc) is 2.02. The maximum Gasteiger partial charge on any atom is 0.0557 e. The Labute approximate surface area is 74.9 Å². The van der Waals surface area contributed by atoms with Crippen molar-refractivity contribution in [1.29, 1.82) is 0 Å². The van der Waals surface area contributed by atoms with E-state index in [0.29, 0.717) is 11.5 Å². The molecule has 0 amide bonds. The van der Waals surface area contributed by atoms with Crippen LogP contribution < -0.4 is 0 Å². The van der Waals surface area contributed by atoms with Crippen LogP contribution in [0.1, 0.15) is 26.7 Å². The Hall–Kier alpha value is -0.0800. The standard InChI is InChI=1S/C10H19NO/c1-9(2)11-5-3-4-10(6-11)7-12-8-10/h9H,3-8H2,1-2H3. The van der Waals surface area contributed by atoms with Crippen LogP contribution in [0.5, 0.6) is 0 Å². The van der Waals surface area contributed by atoms with Gasteiger partial charge in [-0.3, -0.25) is 0 Å². The molecule has 0 saturated carbocycles. The van der Waals surface area contributed by atoms with Crippen LogP contribution in [-0.4, -0.2) is 37.2 Å². The summed E-state index contributed by atoms with van der Waals surface area (Å²) < 4.78 is 5.32. The molecule has 2 aliphatic heterocycles. The Balaban J connectivity index is 1.94. The highest BCUT2D eigenvalue weighted by Crippen LogP contribution is 2.37. The van der Waals surface area contributed by atoms with Crippen LogP contribution in [0.25, 0.3) is 0 Å². The van der Waals surface area contributed by atoms with E-state index in [4.69, 9.17) is 4.74 Å². The third-order valence-electron chi connectivity index (χ3n) is 3.24. The second-order valence-electron chi connectivity index (χ2n) is 4.66. The monoisotopic (exact) mass is 169 g/mol. The first-order valence-electron chi connectivity index (χ1n) is 5.04. The maximum atomic E-state index is 5.32. The lowest BCUT2D eigenvalue weighted by molar-refractivity contribution is -0.147. The topological polar surface area (TPSA) is 12.5 Å². The normalized spacial score (nSPS) is 29.2. The van der Waals surface area contributed by atoms with Crippen LogP contribution in [-0.2, 0) is 4.74 Å². The zero-order valence-corrected chi connectivity index (χ0v) is 8.18. The van der Waals surface area contributed by atoms with E-state index >= 15 is 0 Å². The predicted molar refractivity (Wildman–Crippen MR) is 49.2 cm³/mol. The first kappa shape index (κ1) is 8.52. The molecule has 70 valence electrons. The predicted octanol–water partition coefficient (Wildman–Crippen LogP) is 1.51. The molecule has 0 unspecified atom stereocenters. The van der Waals surface area contributed by atoms with Gasteiger partial charge < -0.3 is 9.64 Å². The first-order chi connectivity index (χ1) is 5.72. The van der Waals surface area contributed by atoms with E-state index in [2.05, 4.69) is 18.7 Å². The Morgan fingerprint density at radius 3 is 2.58 bits per heavy atom. The van der Waals surface area contributed by atoms with E-state index in [1.165, 1.54) is 25.9 Å². The zero-order chi connectivity index (χ0) is 8.60. The lowest BCUT2D eigenvalue weighted by atomic mass is 9.78. The Morgan fingerprint density at radius 1 is 1.33 bits per heavy atom. The van der Waals surface area contributed by atoms with Crippen molar-refractivity contribution in [1.82, 2.24) is 4.90 Å². The molecule has 0 aliphatic carbocycles. The van der Waals surface area contributed by atoms with Crippen molar-refractivity contribution in [2.75, 3.05) is 26.3 Å². The number of nitrogens with zero attached hydrogens (tertiary/aromatic N) is 1. The second kappa shape index (κ2) is 3.00. The van der Waals surface area contributed by atoms with Crippen molar-refractivity contribution in [3.63, 3.8) is 0 Å². The third-order valence-corrected chi connectivity index (χ3v) is 3.24. The summed E-state index contributed by atoms with van der Waals surface area (Å²) in [7, 11) is 0.